The van der Waals surface area contributed by atoms with E-state index in [1.807, 2.05) is 86.0 Å². The molecule has 2 fully saturated rings. The Hall–Kier alpha value is -6.15. The highest BCUT2D eigenvalue weighted by Crippen LogP contribution is 2.36. The van der Waals surface area contributed by atoms with Crippen LogP contribution < -0.4 is 16.0 Å². The van der Waals surface area contributed by atoms with E-state index >= 15 is 0 Å². The van der Waals surface area contributed by atoms with E-state index in [1.165, 1.54) is 35.9 Å². The molecule has 5 aromatic rings. The van der Waals surface area contributed by atoms with Gasteiger partial charge < -0.3 is 30.9 Å². The lowest BCUT2D eigenvalue weighted by Crippen LogP contribution is -2.32. The zero-order chi connectivity index (χ0) is 41.5. The minimum absolute atomic E-state index is 0.0276. The Labute approximate surface area is 333 Å². The van der Waals surface area contributed by atoms with Crippen molar-refractivity contribution in [2.75, 3.05) is 24.6 Å². The van der Waals surface area contributed by atoms with Crippen LogP contribution >= 0.6 is 0 Å². The predicted octanol–water partition coefficient (Wildman–Crippen LogP) is 7.72. The number of hydrogen-bond donors (Lipinski definition) is 6. The smallest absolute Gasteiger partial charge is 0.245 e. The summed E-state index contributed by atoms with van der Waals surface area (Å²) in [5.41, 5.74) is 11.1. The molecule has 0 aliphatic carbocycles. The van der Waals surface area contributed by atoms with E-state index in [4.69, 9.17) is 26.8 Å². The molecule has 302 valence electrons. The number of hydrogen-bond acceptors (Lipinski definition) is 7. The number of halogens is 2. The zero-order valence-corrected chi connectivity index (χ0v) is 33.1. The van der Waals surface area contributed by atoms with Gasteiger partial charge in [-0.05, 0) is 119 Å². The van der Waals surface area contributed by atoms with Crippen LogP contribution in [0.1, 0.15) is 76.6 Å². The third-order valence-corrected chi connectivity index (χ3v) is 8.83. The average Bonchev–Trinajstić information content (AvgIpc) is 4.01. The molecule has 2 atom stereocenters. The maximum absolute atomic E-state index is 13.7. The zero-order valence-electron chi connectivity index (χ0n) is 33.1. The average molecular weight is 781 g/mol. The predicted molar refractivity (Wildman–Crippen MR) is 223 cm³/mol. The molecule has 12 nitrogen and oxygen atoms in total. The van der Waals surface area contributed by atoms with Crippen LogP contribution in [0.25, 0.3) is 16.9 Å². The van der Waals surface area contributed by atoms with Gasteiger partial charge in [0, 0.05) is 37.1 Å². The van der Waals surface area contributed by atoms with Gasteiger partial charge >= 0.3 is 0 Å². The van der Waals surface area contributed by atoms with Crippen LogP contribution in [0.3, 0.4) is 0 Å². The molecule has 3 aromatic heterocycles. The summed E-state index contributed by atoms with van der Waals surface area (Å²) >= 11 is 0. The van der Waals surface area contributed by atoms with Gasteiger partial charge in [-0.25, -0.2) is 18.3 Å². The number of carbonyl (C=O) groups excluding carboxylic acids is 1. The number of H-pyrrole nitrogens is 1. The first-order valence-electron chi connectivity index (χ1n) is 18.9. The lowest BCUT2D eigenvalue weighted by Gasteiger charge is -2.26. The van der Waals surface area contributed by atoms with Gasteiger partial charge in [0.1, 0.15) is 35.7 Å². The van der Waals surface area contributed by atoms with E-state index in [0.717, 1.165) is 72.6 Å². The number of nitrogens with zero attached hydrogens (tertiary/aromatic N) is 5. The molecule has 57 heavy (non-hydrogen) atoms. The highest BCUT2D eigenvalue weighted by atomic mass is 19.1. The van der Waals surface area contributed by atoms with Crippen molar-refractivity contribution in [2.24, 2.45) is 5.73 Å². The van der Waals surface area contributed by atoms with Crippen molar-refractivity contribution in [3.8, 4) is 11.3 Å². The summed E-state index contributed by atoms with van der Waals surface area (Å²) in [4.78, 5) is 22.0. The molecule has 7 rings (SSSR count). The van der Waals surface area contributed by atoms with Gasteiger partial charge in [-0.3, -0.25) is 15.6 Å². The number of aromatic amines is 1. The van der Waals surface area contributed by atoms with Crippen molar-refractivity contribution in [3.05, 3.63) is 132 Å². The molecule has 2 aliphatic heterocycles. The first kappa shape index (κ1) is 43.6. The molecular formula is C43H54F2N10O2. The summed E-state index contributed by atoms with van der Waals surface area (Å²) in [6.45, 7) is 12.4. The molecule has 5 heterocycles. The molecule has 0 radical (unpaired) electrons. The number of aliphatic hydroxyl groups is 1. The molecular weight excluding hydrogens is 727 g/mol. The van der Waals surface area contributed by atoms with Gasteiger partial charge in [0.15, 0.2) is 5.65 Å². The van der Waals surface area contributed by atoms with Crippen molar-refractivity contribution >= 4 is 29.0 Å². The molecule has 2 aliphatic rings. The van der Waals surface area contributed by atoms with Crippen molar-refractivity contribution in [1.29, 1.82) is 10.8 Å². The maximum atomic E-state index is 13.7. The highest BCUT2D eigenvalue weighted by Gasteiger charge is 2.29. The summed E-state index contributed by atoms with van der Waals surface area (Å²) in [5.74, 6) is 0.351. The topological polar surface area (TPSA) is 176 Å². The molecule has 2 aromatic carbocycles. The Bertz CT molecular complexity index is 2120. The number of aromatic nitrogens is 4. The summed E-state index contributed by atoms with van der Waals surface area (Å²) in [6, 6.07) is 19.7. The molecule has 2 saturated heterocycles. The summed E-state index contributed by atoms with van der Waals surface area (Å²) < 4.78 is 28.8. The second kappa shape index (κ2) is 21.2. The fourth-order valence-electron chi connectivity index (χ4n) is 6.55. The summed E-state index contributed by atoms with van der Waals surface area (Å²) in [6.07, 6.45) is 12.5. The minimum Gasteiger partial charge on any atom is -0.387 e. The molecule has 0 bridgehead atoms. The molecule has 0 unspecified atom stereocenters. The van der Waals surface area contributed by atoms with Crippen LogP contribution in [-0.4, -0.2) is 72.9 Å². The molecule has 1 amide bonds. The van der Waals surface area contributed by atoms with Crippen molar-refractivity contribution in [1.82, 2.24) is 29.8 Å². The number of anilines is 1. The van der Waals surface area contributed by atoms with Crippen molar-refractivity contribution in [3.63, 3.8) is 0 Å². The maximum Gasteiger partial charge on any atom is 0.245 e. The van der Waals surface area contributed by atoms with E-state index in [1.54, 1.807) is 18.2 Å². The molecule has 7 N–H and O–H groups in total. The number of amidine groups is 2. The van der Waals surface area contributed by atoms with E-state index in [9.17, 15) is 13.6 Å². The minimum atomic E-state index is -0.418. The van der Waals surface area contributed by atoms with E-state index in [0.29, 0.717) is 5.84 Å². The Kier molecular flexibility index (Phi) is 16.2. The van der Waals surface area contributed by atoms with Crippen LogP contribution in [-0.2, 0) is 4.79 Å². The Balaban J connectivity index is 0.000000203. The van der Waals surface area contributed by atoms with Crippen LogP contribution in [0.4, 0.5) is 14.6 Å². The number of amides is 1. The molecule has 0 spiro atoms. The largest absolute Gasteiger partial charge is 0.387 e. The van der Waals surface area contributed by atoms with Gasteiger partial charge in [-0.2, -0.15) is 0 Å². The number of nitrogens with two attached hydrogens (primary N) is 1. The van der Waals surface area contributed by atoms with Crippen molar-refractivity contribution in [2.45, 2.75) is 71.5 Å². The standard InChI is InChI=1S/C20H18FN5.C14H17FN4.C5H11NO2.C4H8/c21-16-4-1-3-14(11-16)17-5-2-10-25(17)20-7-6-19-23-13-18(26(19)24-20)15-8-9-22-12-15;15-11-4-1-3-10(9-11)12-5-2-8-19(12)14(18)7-6-13(16)17;1-4(2)6-5(8)3-7;1-4(2)3/h1,3-4,6-9,11-13,17,22H,2,5,10H2;1,3-4,6-7,9,12,18H,2,5,8H2,(H3,16,17);4,7H,3H2,1-2H3,(H,6,8);1H2,2-3H3/b;7-6-,18-14?;;/t17-;12-;;/m11../s1. The monoisotopic (exact) mass is 780 g/mol. The number of likely N-dealkylation sites (tertiary alicyclic amines) is 1. The Morgan fingerprint density at radius 2 is 1.63 bits per heavy atom. The third kappa shape index (κ3) is 13.0. The summed E-state index contributed by atoms with van der Waals surface area (Å²) in [5, 5.41) is 30.7. The van der Waals surface area contributed by atoms with Crippen molar-refractivity contribution < 1.29 is 18.7 Å². The molecule has 14 heteroatoms. The molecule has 0 saturated carbocycles. The van der Waals surface area contributed by atoms with Crippen LogP contribution in [0.15, 0.2) is 110 Å². The van der Waals surface area contributed by atoms with E-state index < -0.39 is 6.61 Å². The van der Waals surface area contributed by atoms with Gasteiger partial charge in [-0.15, -0.1) is 11.7 Å². The van der Waals surface area contributed by atoms with E-state index in [2.05, 4.69) is 26.8 Å². The van der Waals surface area contributed by atoms with Crippen LogP contribution in [0.2, 0.25) is 0 Å². The van der Waals surface area contributed by atoms with Crippen LogP contribution in [0, 0.1) is 22.5 Å². The van der Waals surface area contributed by atoms with Gasteiger partial charge in [0.25, 0.3) is 0 Å². The first-order chi connectivity index (χ1) is 27.3. The Morgan fingerprint density at radius 3 is 2.19 bits per heavy atom. The van der Waals surface area contributed by atoms with Gasteiger partial charge in [0.05, 0.1) is 24.0 Å². The fraction of sp³-hybridized carbons (Fsp3) is 0.326. The number of imidazole rings is 1. The van der Waals surface area contributed by atoms with Gasteiger partial charge in [0.2, 0.25) is 5.91 Å². The SMILES string of the molecule is C=C(C)C.CC(C)NC(=O)CO.Fc1cccc([C@H]2CCCN2c2ccc3ncc(-c4cc[nH]c4)n3n2)c1.N=C(N)/C=C\C(=N)N1CCC[C@@H]1c1cccc(F)c1. The Morgan fingerprint density at radius 1 is 1.00 bits per heavy atom. The number of benzene rings is 2. The number of carbonyl (C=O) groups is 1. The van der Waals surface area contributed by atoms with Gasteiger partial charge in [-0.1, -0.05) is 29.8 Å². The first-order valence-corrected chi connectivity index (χ1v) is 18.9. The quantitative estimate of drug-likeness (QED) is 0.0531. The van der Waals surface area contributed by atoms with E-state index in [-0.39, 0.29) is 41.5 Å². The van der Waals surface area contributed by atoms with Crippen LogP contribution in [0.5, 0.6) is 0 Å². The summed E-state index contributed by atoms with van der Waals surface area (Å²) in [7, 11) is 0. The lowest BCUT2D eigenvalue weighted by atomic mass is 10.0. The second-order valence-electron chi connectivity index (χ2n) is 14.3. The third-order valence-electron chi connectivity index (χ3n) is 8.83. The number of fused-ring (bicyclic) bond motifs is 1. The number of aliphatic hydroxyl groups excluding tert-OH is 1. The second-order valence-corrected chi connectivity index (χ2v) is 14.3. The number of nitrogens with one attached hydrogen (secondary N) is 4. The fourth-order valence-corrected chi connectivity index (χ4v) is 6.55. The lowest BCUT2D eigenvalue weighted by molar-refractivity contribution is -0.124. The number of rotatable bonds is 8. The highest BCUT2D eigenvalue weighted by molar-refractivity contribution is 5.98. The number of allylic oxidation sites excluding steroid dienone is 1. The normalized spacial score (nSPS) is 16.0.